The number of nitrogens with one attached hydrogen (secondary N) is 1. The summed E-state index contributed by atoms with van der Waals surface area (Å²) in [6.07, 6.45) is 0. The molecule has 1 N–H and O–H groups in total. The molecule has 1 heterocycles. The molecule has 1 aromatic heterocycles. The number of carbonyl (C=O) groups excluding carboxylic acids is 2. The molecule has 0 spiro atoms. The maximum atomic E-state index is 12.9. The van der Waals surface area contributed by atoms with Crippen molar-refractivity contribution >= 4 is 39.9 Å². The van der Waals surface area contributed by atoms with Gasteiger partial charge in [-0.15, -0.1) is 0 Å². The van der Waals surface area contributed by atoms with E-state index in [1.54, 1.807) is 72.8 Å². The van der Waals surface area contributed by atoms with Gasteiger partial charge in [0.05, 0.1) is 11.1 Å². The number of anilines is 1. The van der Waals surface area contributed by atoms with Gasteiger partial charge in [0.2, 0.25) is 0 Å². The molecule has 0 saturated heterocycles. The Labute approximate surface area is 181 Å². The van der Waals surface area contributed by atoms with Crippen LogP contribution in [0.25, 0.3) is 16.5 Å². The quantitative estimate of drug-likeness (QED) is 0.483. The molecular formula is C23H16ClN3O4. The van der Waals surface area contributed by atoms with Crippen LogP contribution in [0.2, 0.25) is 5.02 Å². The number of benzene rings is 3. The maximum absolute atomic E-state index is 12.9. The number of hydrogen-bond acceptors (Lipinski definition) is 5. The van der Waals surface area contributed by atoms with Crippen LogP contribution in [0, 0.1) is 0 Å². The van der Waals surface area contributed by atoms with E-state index in [9.17, 15) is 14.4 Å². The van der Waals surface area contributed by atoms with Crippen LogP contribution >= 0.6 is 11.6 Å². The Kier molecular flexibility index (Phi) is 5.77. The first-order valence-corrected chi connectivity index (χ1v) is 9.71. The average molecular weight is 434 g/mol. The summed E-state index contributed by atoms with van der Waals surface area (Å²) >= 11 is 5.90. The number of aromatic nitrogens is 2. The minimum absolute atomic E-state index is 0.0605. The van der Waals surface area contributed by atoms with E-state index >= 15 is 0 Å². The molecule has 31 heavy (non-hydrogen) atoms. The van der Waals surface area contributed by atoms with Gasteiger partial charge < -0.3 is 10.1 Å². The second kappa shape index (κ2) is 8.81. The lowest BCUT2D eigenvalue weighted by Gasteiger charge is -2.11. The predicted molar refractivity (Wildman–Crippen MR) is 118 cm³/mol. The number of ether oxygens (including phenoxy) is 1. The predicted octanol–water partition coefficient (Wildman–Crippen LogP) is 3.83. The first kappa shape index (κ1) is 20.3. The van der Waals surface area contributed by atoms with Crippen molar-refractivity contribution in [2.24, 2.45) is 0 Å². The van der Waals surface area contributed by atoms with Crippen molar-refractivity contribution in [1.82, 2.24) is 9.78 Å². The lowest BCUT2D eigenvalue weighted by molar-refractivity contribution is -0.119. The number of nitrogens with zero attached hydrogens (tertiary/aromatic N) is 2. The fourth-order valence-corrected chi connectivity index (χ4v) is 3.24. The Bertz CT molecular complexity index is 1340. The minimum atomic E-state index is -0.817. The van der Waals surface area contributed by atoms with Crippen LogP contribution in [-0.4, -0.2) is 28.3 Å². The van der Waals surface area contributed by atoms with Crippen molar-refractivity contribution in [3.8, 4) is 5.69 Å². The van der Waals surface area contributed by atoms with E-state index in [-0.39, 0.29) is 11.3 Å². The van der Waals surface area contributed by atoms with Gasteiger partial charge in [-0.3, -0.25) is 9.59 Å². The number of esters is 1. The van der Waals surface area contributed by atoms with Gasteiger partial charge in [0.15, 0.2) is 12.3 Å². The highest BCUT2D eigenvalue weighted by Gasteiger charge is 2.19. The number of halogens is 1. The highest BCUT2D eigenvalue weighted by molar-refractivity contribution is 6.30. The fraction of sp³-hybridized carbons (Fsp3) is 0.0435. The molecule has 0 fully saturated rings. The molecule has 8 heteroatoms. The Morgan fingerprint density at radius 2 is 1.65 bits per heavy atom. The van der Waals surface area contributed by atoms with Crippen molar-refractivity contribution in [1.29, 1.82) is 0 Å². The smallest absolute Gasteiger partial charge is 0.359 e. The molecule has 0 radical (unpaired) electrons. The third-order valence-electron chi connectivity index (χ3n) is 4.44. The lowest BCUT2D eigenvalue weighted by atomic mass is 10.1. The average Bonchev–Trinajstić information content (AvgIpc) is 2.78. The molecule has 0 saturated carbocycles. The summed E-state index contributed by atoms with van der Waals surface area (Å²) in [6, 6.07) is 22.0. The van der Waals surface area contributed by atoms with Crippen molar-refractivity contribution in [2.45, 2.75) is 0 Å². The SMILES string of the molecule is O=C(COC(=O)c1nn(-c2ccccc2)c(=O)c2ccccc12)Nc1cccc(Cl)c1. The first-order valence-electron chi connectivity index (χ1n) is 9.33. The van der Waals surface area contributed by atoms with E-state index < -0.39 is 18.5 Å². The molecule has 0 unspecified atom stereocenters. The minimum Gasteiger partial charge on any atom is -0.451 e. The van der Waals surface area contributed by atoms with E-state index in [1.807, 2.05) is 6.07 Å². The van der Waals surface area contributed by atoms with Crippen LogP contribution in [0.15, 0.2) is 83.7 Å². The van der Waals surface area contributed by atoms with E-state index in [2.05, 4.69) is 10.4 Å². The Balaban J connectivity index is 1.61. The summed E-state index contributed by atoms with van der Waals surface area (Å²) in [7, 11) is 0. The number of amides is 1. The monoisotopic (exact) mass is 433 g/mol. The topological polar surface area (TPSA) is 90.3 Å². The van der Waals surface area contributed by atoms with Crippen LogP contribution in [0.1, 0.15) is 10.5 Å². The molecule has 0 aliphatic rings. The number of fused-ring (bicyclic) bond motifs is 1. The number of rotatable bonds is 5. The summed E-state index contributed by atoms with van der Waals surface area (Å²) in [4.78, 5) is 37.8. The molecule has 4 rings (SSSR count). The van der Waals surface area contributed by atoms with Gasteiger partial charge in [-0.05, 0) is 36.4 Å². The van der Waals surface area contributed by atoms with Gasteiger partial charge in [0.25, 0.3) is 11.5 Å². The Morgan fingerprint density at radius 3 is 2.39 bits per heavy atom. The number of para-hydroxylation sites is 1. The van der Waals surface area contributed by atoms with Crippen LogP contribution in [0.4, 0.5) is 5.69 Å². The Morgan fingerprint density at radius 1 is 0.935 bits per heavy atom. The molecule has 3 aromatic carbocycles. The second-order valence-electron chi connectivity index (χ2n) is 6.58. The molecule has 0 atom stereocenters. The lowest BCUT2D eigenvalue weighted by Crippen LogP contribution is -2.26. The fourth-order valence-electron chi connectivity index (χ4n) is 3.05. The maximum Gasteiger partial charge on any atom is 0.359 e. The van der Waals surface area contributed by atoms with Crippen LogP contribution in [0.3, 0.4) is 0 Å². The molecule has 0 bridgehead atoms. The standard InChI is InChI=1S/C23H16ClN3O4/c24-15-7-6-8-16(13-15)25-20(28)14-31-23(30)21-18-11-4-5-12-19(18)22(29)27(26-21)17-9-2-1-3-10-17/h1-13H,14H2,(H,25,28). The van der Waals surface area contributed by atoms with E-state index in [0.29, 0.717) is 27.2 Å². The van der Waals surface area contributed by atoms with Gasteiger partial charge in [0.1, 0.15) is 0 Å². The summed E-state index contributed by atoms with van der Waals surface area (Å²) in [5, 5.41) is 7.95. The normalized spacial score (nSPS) is 10.6. The molecule has 1 amide bonds. The zero-order valence-corrected chi connectivity index (χ0v) is 16.9. The van der Waals surface area contributed by atoms with E-state index in [1.165, 1.54) is 0 Å². The first-order chi connectivity index (χ1) is 15.0. The van der Waals surface area contributed by atoms with Gasteiger partial charge in [0, 0.05) is 16.1 Å². The molecule has 0 aliphatic carbocycles. The molecular weight excluding hydrogens is 418 g/mol. The number of carbonyl (C=O) groups is 2. The highest BCUT2D eigenvalue weighted by Crippen LogP contribution is 2.17. The van der Waals surface area contributed by atoms with Gasteiger partial charge >= 0.3 is 5.97 Å². The molecule has 0 aliphatic heterocycles. The Hall–Kier alpha value is -3.97. The summed E-state index contributed by atoms with van der Waals surface area (Å²) in [5.41, 5.74) is 0.562. The van der Waals surface area contributed by atoms with Crippen LogP contribution < -0.4 is 10.9 Å². The van der Waals surface area contributed by atoms with E-state index in [0.717, 1.165) is 4.68 Å². The third-order valence-corrected chi connectivity index (χ3v) is 4.68. The highest BCUT2D eigenvalue weighted by atomic mass is 35.5. The molecule has 7 nitrogen and oxygen atoms in total. The van der Waals surface area contributed by atoms with E-state index in [4.69, 9.17) is 16.3 Å². The zero-order chi connectivity index (χ0) is 21.8. The van der Waals surface area contributed by atoms with Crippen molar-refractivity contribution in [3.63, 3.8) is 0 Å². The van der Waals surface area contributed by atoms with Crippen molar-refractivity contribution in [3.05, 3.63) is 99.9 Å². The van der Waals surface area contributed by atoms with Gasteiger partial charge in [-0.25, -0.2) is 4.79 Å². The summed E-state index contributed by atoms with van der Waals surface area (Å²) in [5.74, 6) is -1.35. The summed E-state index contributed by atoms with van der Waals surface area (Å²) in [6.45, 7) is -0.522. The van der Waals surface area contributed by atoms with Crippen molar-refractivity contribution in [2.75, 3.05) is 11.9 Å². The third kappa shape index (κ3) is 4.46. The largest absolute Gasteiger partial charge is 0.451 e. The second-order valence-corrected chi connectivity index (χ2v) is 7.02. The summed E-state index contributed by atoms with van der Waals surface area (Å²) < 4.78 is 6.31. The van der Waals surface area contributed by atoms with Crippen LogP contribution in [-0.2, 0) is 9.53 Å². The van der Waals surface area contributed by atoms with Crippen LogP contribution in [0.5, 0.6) is 0 Å². The molecule has 154 valence electrons. The number of hydrogen-bond donors (Lipinski definition) is 1. The van der Waals surface area contributed by atoms with Gasteiger partial charge in [-0.2, -0.15) is 9.78 Å². The van der Waals surface area contributed by atoms with Gasteiger partial charge in [-0.1, -0.05) is 54.1 Å². The van der Waals surface area contributed by atoms with Crippen molar-refractivity contribution < 1.29 is 14.3 Å². The molecule has 4 aromatic rings. The zero-order valence-electron chi connectivity index (χ0n) is 16.1.